The van der Waals surface area contributed by atoms with Gasteiger partial charge < -0.3 is 9.74 Å². The molecule has 1 aliphatic rings. The van der Waals surface area contributed by atoms with Crippen LogP contribution in [0.5, 0.6) is 0 Å². The third-order valence-corrected chi connectivity index (χ3v) is 3.91. The standard InChI is InChI=1S/C19H17N3O2/c1-22(13-15-7-5-6-14(10-15)12-20)19(23)17-11-18(24-21-17)16-8-3-2-4-9-16/h2-10,18H,11,13H2,1H3. The average Bonchev–Trinajstić information content (AvgIpc) is 3.12. The fraction of sp³-hybridized carbons (Fsp3) is 0.211. The molecule has 3 rings (SSSR count). The molecule has 24 heavy (non-hydrogen) atoms. The van der Waals surface area contributed by atoms with E-state index in [0.29, 0.717) is 24.2 Å². The Morgan fingerprint density at radius 3 is 2.83 bits per heavy atom. The Balaban J connectivity index is 1.63. The zero-order chi connectivity index (χ0) is 16.9. The van der Waals surface area contributed by atoms with Crippen LogP contribution in [0.2, 0.25) is 0 Å². The number of rotatable bonds is 4. The Morgan fingerprint density at radius 1 is 1.29 bits per heavy atom. The van der Waals surface area contributed by atoms with Crippen LogP contribution in [-0.4, -0.2) is 23.6 Å². The summed E-state index contributed by atoms with van der Waals surface area (Å²) in [5.74, 6) is -0.157. The van der Waals surface area contributed by atoms with E-state index in [9.17, 15) is 4.79 Å². The summed E-state index contributed by atoms with van der Waals surface area (Å²) >= 11 is 0. The molecular formula is C19H17N3O2. The van der Waals surface area contributed by atoms with Gasteiger partial charge in [0.25, 0.3) is 5.91 Å². The van der Waals surface area contributed by atoms with Crippen LogP contribution in [0.1, 0.15) is 29.2 Å². The highest BCUT2D eigenvalue weighted by Crippen LogP contribution is 2.27. The summed E-state index contributed by atoms with van der Waals surface area (Å²) in [6.45, 7) is 0.420. The number of nitrogens with zero attached hydrogens (tertiary/aromatic N) is 3. The first-order valence-corrected chi connectivity index (χ1v) is 7.69. The molecule has 2 aromatic rings. The fourth-order valence-corrected chi connectivity index (χ4v) is 2.66. The van der Waals surface area contributed by atoms with Crippen molar-refractivity contribution in [2.24, 2.45) is 5.16 Å². The quantitative estimate of drug-likeness (QED) is 0.870. The minimum Gasteiger partial charge on any atom is -0.387 e. The van der Waals surface area contributed by atoms with Crippen LogP contribution in [0.15, 0.2) is 59.8 Å². The lowest BCUT2D eigenvalue weighted by atomic mass is 10.0. The first-order chi connectivity index (χ1) is 11.7. The molecule has 1 unspecified atom stereocenters. The summed E-state index contributed by atoms with van der Waals surface area (Å²) in [4.78, 5) is 19.5. The molecule has 120 valence electrons. The van der Waals surface area contributed by atoms with Crippen molar-refractivity contribution in [3.05, 3.63) is 71.3 Å². The maximum Gasteiger partial charge on any atom is 0.271 e. The van der Waals surface area contributed by atoms with E-state index in [2.05, 4.69) is 11.2 Å². The third-order valence-electron chi connectivity index (χ3n) is 3.91. The number of oxime groups is 1. The summed E-state index contributed by atoms with van der Waals surface area (Å²) in [6, 6.07) is 19.1. The predicted octanol–water partition coefficient (Wildman–Crippen LogP) is 3.03. The molecule has 1 amide bonds. The van der Waals surface area contributed by atoms with E-state index in [4.69, 9.17) is 10.1 Å². The van der Waals surface area contributed by atoms with Crippen LogP contribution in [0.4, 0.5) is 0 Å². The molecular weight excluding hydrogens is 302 g/mol. The van der Waals surface area contributed by atoms with Gasteiger partial charge in [0.05, 0.1) is 11.6 Å². The topological polar surface area (TPSA) is 65.7 Å². The second kappa shape index (κ2) is 6.97. The van der Waals surface area contributed by atoms with Crippen molar-refractivity contribution in [3.63, 3.8) is 0 Å². The Morgan fingerprint density at radius 2 is 2.08 bits per heavy atom. The molecule has 0 bridgehead atoms. The zero-order valence-electron chi connectivity index (χ0n) is 13.3. The lowest BCUT2D eigenvalue weighted by Gasteiger charge is -2.16. The lowest BCUT2D eigenvalue weighted by molar-refractivity contribution is -0.123. The monoisotopic (exact) mass is 319 g/mol. The van der Waals surface area contributed by atoms with Crippen molar-refractivity contribution >= 4 is 11.6 Å². The van der Waals surface area contributed by atoms with E-state index >= 15 is 0 Å². The van der Waals surface area contributed by atoms with E-state index in [1.165, 1.54) is 0 Å². The molecule has 2 aromatic carbocycles. The molecule has 0 aliphatic carbocycles. The predicted molar refractivity (Wildman–Crippen MR) is 90.0 cm³/mol. The summed E-state index contributed by atoms with van der Waals surface area (Å²) in [5.41, 5.74) is 2.92. The minimum absolute atomic E-state index is 0.157. The highest BCUT2D eigenvalue weighted by atomic mass is 16.6. The summed E-state index contributed by atoms with van der Waals surface area (Å²) in [5, 5.41) is 12.9. The van der Waals surface area contributed by atoms with Crippen molar-refractivity contribution in [3.8, 4) is 6.07 Å². The molecule has 0 N–H and O–H groups in total. The molecule has 0 saturated heterocycles. The maximum atomic E-state index is 12.5. The first-order valence-electron chi connectivity index (χ1n) is 7.69. The smallest absolute Gasteiger partial charge is 0.271 e. The minimum atomic E-state index is -0.208. The van der Waals surface area contributed by atoms with Crippen LogP contribution in [-0.2, 0) is 16.2 Å². The Hall–Kier alpha value is -3.13. The number of nitriles is 1. The van der Waals surface area contributed by atoms with Gasteiger partial charge in [0, 0.05) is 20.0 Å². The van der Waals surface area contributed by atoms with E-state index < -0.39 is 0 Å². The van der Waals surface area contributed by atoms with Crippen molar-refractivity contribution in [1.82, 2.24) is 4.90 Å². The van der Waals surface area contributed by atoms with Crippen molar-refractivity contribution < 1.29 is 9.63 Å². The molecule has 0 spiro atoms. The summed E-state index contributed by atoms with van der Waals surface area (Å²) in [6.07, 6.45) is 0.256. The molecule has 1 atom stereocenters. The summed E-state index contributed by atoms with van der Waals surface area (Å²) < 4.78 is 0. The zero-order valence-corrected chi connectivity index (χ0v) is 13.3. The van der Waals surface area contributed by atoms with Crippen LogP contribution in [0, 0.1) is 11.3 Å². The Labute approximate surface area is 140 Å². The number of carbonyl (C=O) groups excluding carboxylic acids is 1. The van der Waals surface area contributed by atoms with Gasteiger partial charge >= 0.3 is 0 Å². The van der Waals surface area contributed by atoms with Gasteiger partial charge in [0.2, 0.25) is 0 Å². The van der Waals surface area contributed by atoms with Gasteiger partial charge in [-0.15, -0.1) is 0 Å². The number of hydrogen-bond donors (Lipinski definition) is 0. The van der Waals surface area contributed by atoms with Crippen molar-refractivity contribution in [2.45, 2.75) is 19.1 Å². The van der Waals surface area contributed by atoms with Crippen LogP contribution in [0.25, 0.3) is 0 Å². The van der Waals surface area contributed by atoms with Crippen LogP contribution < -0.4 is 0 Å². The molecule has 1 aliphatic heterocycles. The van der Waals surface area contributed by atoms with Gasteiger partial charge in [-0.2, -0.15) is 5.26 Å². The van der Waals surface area contributed by atoms with Gasteiger partial charge in [0.15, 0.2) is 6.10 Å². The number of hydrogen-bond acceptors (Lipinski definition) is 4. The molecule has 0 saturated carbocycles. The molecule has 0 aromatic heterocycles. The van der Waals surface area contributed by atoms with E-state index in [-0.39, 0.29) is 12.0 Å². The Kier molecular flexibility index (Phi) is 4.57. The van der Waals surface area contributed by atoms with Gasteiger partial charge in [-0.1, -0.05) is 47.6 Å². The van der Waals surface area contributed by atoms with Crippen LogP contribution >= 0.6 is 0 Å². The van der Waals surface area contributed by atoms with E-state index in [0.717, 1.165) is 11.1 Å². The second-order valence-electron chi connectivity index (χ2n) is 5.72. The van der Waals surface area contributed by atoms with Crippen molar-refractivity contribution in [1.29, 1.82) is 5.26 Å². The van der Waals surface area contributed by atoms with Gasteiger partial charge in [-0.3, -0.25) is 4.79 Å². The highest BCUT2D eigenvalue weighted by Gasteiger charge is 2.29. The molecule has 0 fully saturated rings. The molecule has 5 nitrogen and oxygen atoms in total. The van der Waals surface area contributed by atoms with Gasteiger partial charge in [-0.05, 0) is 23.3 Å². The SMILES string of the molecule is CN(Cc1cccc(C#N)c1)C(=O)C1=NOC(c2ccccc2)C1. The molecule has 0 radical (unpaired) electrons. The molecule has 5 heteroatoms. The van der Waals surface area contributed by atoms with Gasteiger partial charge in [0.1, 0.15) is 5.71 Å². The largest absolute Gasteiger partial charge is 0.387 e. The number of amides is 1. The fourth-order valence-electron chi connectivity index (χ4n) is 2.66. The molecule has 1 heterocycles. The lowest BCUT2D eigenvalue weighted by Crippen LogP contribution is -2.32. The van der Waals surface area contributed by atoms with E-state index in [1.54, 1.807) is 24.1 Å². The first kappa shape index (κ1) is 15.8. The average molecular weight is 319 g/mol. The number of carbonyl (C=O) groups is 1. The van der Waals surface area contributed by atoms with Crippen LogP contribution in [0.3, 0.4) is 0 Å². The second-order valence-corrected chi connectivity index (χ2v) is 5.72. The normalized spacial score (nSPS) is 16.0. The summed E-state index contributed by atoms with van der Waals surface area (Å²) in [7, 11) is 1.72. The maximum absolute atomic E-state index is 12.5. The number of benzene rings is 2. The van der Waals surface area contributed by atoms with Crippen molar-refractivity contribution in [2.75, 3.05) is 7.05 Å². The van der Waals surface area contributed by atoms with Gasteiger partial charge in [-0.25, -0.2) is 0 Å². The highest BCUT2D eigenvalue weighted by molar-refractivity contribution is 6.38. The Bertz CT molecular complexity index is 809. The van der Waals surface area contributed by atoms with E-state index in [1.807, 2.05) is 42.5 Å². The third kappa shape index (κ3) is 3.44.